The number of nitrogens with one attached hydrogen (secondary N) is 2. The van der Waals surface area contributed by atoms with Crippen LogP contribution >= 0.6 is 0 Å². The van der Waals surface area contributed by atoms with Crippen LogP contribution in [-0.4, -0.2) is 17.9 Å². The van der Waals surface area contributed by atoms with Crippen molar-refractivity contribution < 1.29 is 14.3 Å². The van der Waals surface area contributed by atoms with E-state index in [0.717, 1.165) is 16.7 Å². The number of ether oxygens (including phenoxy) is 1. The Morgan fingerprint density at radius 2 is 1.48 bits per heavy atom. The summed E-state index contributed by atoms with van der Waals surface area (Å²) in [5, 5.41) is 5.82. The standard InChI is InChI=1S/C26H28N2O3/c1-17-10-8-11-18(2)24(17)31-20(4)25(29)28-23-15-9-14-22(16-23)26(30)27-19(3)21-12-6-5-7-13-21/h5-16,19-20H,1-4H3,(H,27,30)(H,28,29). The largest absolute Gasteiger partial charge is 0.480 e. The van der Waals surface area contributed by atoms with E-state index in [1.807, 2.05) is 69.3 Å². The molecule has 0 heterocycles. The second-order valence-corrected chi connectivity index (χ2v) is 7.66. The van der Waals surface area contributed by atoms with Gasteiger partial charge in [-0.3, -0.25) is 9.59 Å². The van der Waals surface area contributed by atoms with Gasteiger partial charge in [-0.05, 0) is 62.6 Å². The van der Waals surface area contributed by atoms with Gasteiger partial charge in [0.25, 0.3) is 11.8 Å². The van der Waals surface area contributed by atoms with Crippen molar-refractivity contribution in [3.8, 4) is 5.75 Å². The van der Waals surface area contributed by atoms with Crippen molar-refractivity contribution in [2.75, 3.05) is 5.32 Å². The first-order chi connectivity index (χ1) is 14.8. The summed E-state index contributed by atoms with van der Waals surface area (Å²) in [7, 11) is 0. The van der Waals surface area contributed by atoms with Gasteiger partial charge in [0.2, 0.25) is 0 Å². The number of carbonyl (C=O) groups excluding carboxylic acids is 2. The van der Waals surface area contributed by atoms with Crippen molar-refractivity contribution in [1.29, 1.82) is 0 Å². The fraction of sp³-hybridized carbons (Fsp3) is 0.231. The lowest BCUT2D eigenvalue weighted by molar-refractivity contribution is -0.122. The fourth-order valence-electron chi connectivity index (χ4n) is 3.30. The van der Waals surface area contributed by atoms with Gasteiger partial charge in [-0.2, -0.15) is 0 Å². The van der Waals surface area contributed by atoms with Gasteiger partial charge in [0.15, 0.2) is 6.10 Å². The van der Waals surface area contributed by atoms with Gasteiger partial charge in [0.05, 0.1) is 6.04 Å². The minimum Gasteiger partial charge on any atom is -0.480 e. The molecule has 2 amide bonds. The van der Waals surface area contributed by atoms with Crippen LogP contribution < -0.4 is 15.4 Å². The number of hydrogen-bond acceptors (Lipinski definition) is 3. The van der Waals surface area contributed by atoms with E-state index in [1.165, 1.54) is 0 Å². The van der Waals surface area contributed by atoms with E-state index in [-0.39, 0.29) is 17.9 Å². The van der Waals surface area contributed by atoms with Crippen LogP contribution in [0.25, 0.3) is 0 Å². The maximum absolute atomic E-state index is 12.7. The van der Waals surface area contributed by atoms with E-state index in [9.17, 15) is 9.59 Å². The van der Waals surface area contributed by atoms with Crippen LogP contribution in [0.2, 0.25) is 0 Å². The molecule has 3 aromatic carbocycles. The molecule has 0 radical (unpaired) electrons. The number of carbonyl (C=O) groups is 2. The van der Waals surface area contributed by atoms with E-state index in [4.69, 9.17) is 4.74 Å². The van der Waals surface area contributed by atoms with Crippen molar-refractivity contribution in [3.63, 3.8) is 0 Å². The van der Waals surface area contributed by atoms with Gasteiger partial charge in [-0.15, -0.1) is 0 Å². The average molecular weight is 417 g/mol. The molecule has 5 heteroatoms. The van der Waals surface area contributed by atoms with Crippen molar-refractivity contribution in [2.24, 2.45) is 0 Å². The van der Waals surface area contributed by atoms with Crippen molar-refractivity contribution in [3.05, 3.63) is 95.1 Å². The molecule has 160 valence electrons. The van der Waals surface area contributed by atoms with Crippen LogP contribution in [0.5, 0.6) is 5.75 Å². The number of aryl methyl sites for hydroxylation is 2. The monoisotopic (exact) mass is 416 g/mol. The molecule has 0 aromatic heterocycles. The third kappa shape index (κ3) is 5.72. The highest BCUT2D eigenvalue weighted by Crippen LogP contribution is 2.24. The summed E-state index contributed by atoms with van der Waals surface area (Å²) in [6, 6.07) is 22.4. The van der Waals surface area contributed by atoms with E-state index >= 15 is 0 Å². The maximum atomic E-state index is 12.7. The molecule has 2 unspecified atom stereocenters. The molecule has 3 aromatic rings. The lowest BCUT2D eigenvalue weighted by Gasteiger charge is -2.18. The molecule has 5 nitrogen and oxygen atoms in total. The number of rotatable bonds is 7. The fourth-order valence-corrected chi connectivity index (χ4v) is 3.30. The minimum absolute atomic E-state index is 0.127. The highest BCUT2D eigenvalue weighted by atomic mass is 16.5. The summed E-state index contributed by atoms with van der Waals surface area (Å²) in [4.78, 5) is 25.3. The van der Waals surface area contributed by atoms with Crippen molar-refractivity contribution >= 4 is 17.5 Å². The number of amides is 2. The predicted molar refractivity (Wildman–Crippen MR) is 123 cm³/mol. The van der Waals surface area contributed by atoms with Gasteiger partial charge in [-0.1, -0.05) is 54.6 Å². The molecule has 0 bridgehead atoms. The van der Waals surface area contributed by atoms with Crippen molar-refractivity contribution in [2.45, 2.75) is 39.8 Å². The van der Waals surface area contributed by atoms with Gasteiger partial charge in [0, 0.05) is 11.3 Å². The Morgan fingerprint density at radius 3 is 2.16 bits per heavy atom. The van der Waals surface area contributed by atoms with Gasteiger partial charge < -0.3 is 15.4 Å². The Bertz CT molecular complexity index is 1040. The Labute approximate surface area is 183 Å². The maximum Gasteiger partial charge on any atom is 0.265 e. The third-order valence-electron chi connectivity index (χ3n) is 5.11. The third-order valence-corrected chi connectivity index (χ3v) is 5.11. The van der Waals surface area contributed by atoms with Crippen molar-refractivity contribution in [1.82, 2.24) is 5.32 Å². The Hall–Kier alpha value is -3.60. The minimum atomic E-state index is -0.685. The van der Waals surface area contributed by atoms with E-state index < -0.39 is 6.10 Å². The number of benzene rings is 3. The van der Waals surface area contributed by atoms with E-state index in [1.54, 1.807) is 31.2 Å². The zero-order valence-corrected chi connectivity index (χ0v) is 18.3. The van der Waals surface area contributed by atoms with Gasteiger partial charge >= 0.3 is 0 Å². The zero-order valence-electron chi connectivity index (χ0n) is 18.3. The Balaban J connectivity index is 1.64. The van der Waals surface area contributed by atoms with Crippen LogP contribution in [0.1, 0.15) is 46.9 Å². The second-order valence-electron chi connectivity index (χ2n) is 7.66. The molecule has 0 aliphatic rings. The summed E-state index contributed by atoms with van der Waals surface area (Å²) >= 11 is 0. The first-order valence-electron chi connectivity index (χ1n) is 10.3. The van der Waals surface area contributed by atoms with E-state index in [2.05, 4.69) is 10.6 Å². The molecular weight excluding hydrogens is 388 g/mol. The number of para-hydroxylation sites is 1. The molecule has 0 fully saturated rings. The molecule has 2 atom stereocenters. The molecule has 0 saturated carbocycles. The normalized spacial score (nSPS) is 12.5. The average Bonchev–Trinajstić information content (AvgIpc) is 2.77. The summed E-state index contributed by atoms with van der Waals surface area (Å²) in [6.45, 7) is 7.54. The summed E-state index contributed by atoms with van der Waals surface area (Å²) in [5.41, 5.74) is 4.00. The van der Waals surface area contributed by atoms with Crippen LogP contribution in [0, 0.1) is 13.8 Å². The van der Waals surface area contributed by atoms with Crippen LogP contribution in [-0.2, 0) is 4.79 Å². The lowest BCUT2D eigenvalue weighted by Crippen LogP contribution is -2.31. The molecule has 3 rings (SSSR count). The molecule has 0 spiro atoms. The first kappa shape index (κ1) is 22.1. The summed E-state index contributed by atoms with van der Waals surface area (Å²) < 4.78 is 5.90. The molecule has 31 heavy (non-hydrogen) atoms. The summed E-state index contributed by atoms with van der Waals surface area (Å²) in [5.74, 6) is 0.235. The van der Waals surface area contributed by atoms with Gasteiger partial charge in [-0.25, -0.2) is 0 Å². The lowest BCUT2D eigenvalue weighted by atomic mass is 10.1. The highest BCUT2D eigenvalue weighted by Gasteiger charge is 2.18. The van der Waals surface area contributed by atoms with E-state index in [0.29, 0.717) is 17.0 Å². The summed E-state index contributed by atoms with van der Waals surface area (Å²) in [6.07, 6.45) is -0.685. The Morgan fingerprint density at radius 1 is 0.839 bits per heavy atom. The molecule has 0 aliphatic carbocycles. The first-order valence-corrected chi connectivity index (χ1v) is 10.3. The quantitative estimate of drug-likeness (QED) is 0.556. The molecule has 2 N–H and O–H groups in total. The van der Waals surface area contributed by atoms with Gasteiger partial charge in [0.1, 0.15) is 5.75 Å². The molecule has 0 aliphatic heterocycles. The number of hydrogen-bond donors (Lipinski definition) is 2. The smallest absolute Gasteiger partial charge is 0.265 e. The zero-order chi connectivity index (χ0) is 22.4. The van der Waals surface area contributed by atoms with Crippen LogP contribution in [0.15, 0.2) is 72.8 Å². The second kappa shape index (κ2) is 9.94. The molecular formula is C26H28N2O3. The number of anilines is 1. The SMILES string of the molecule is Cc1cccc(C)c1OC(C)C(=O)Nc1cccc(C(=O)NC(C)c2ccccc2)c1. The highest BCUT2D eigenvalue weighted by molar-refractivity contribution is 5.98. The predicted octanol–water partition coefficient (Wildman–Crippen LogP) is 5.20. The van der Waals surface area contributed by atoms with Crippen LogP contribution in [0.3, 0.4) is 0 Å². The topological polar surface area (TPSA) is 67.4 Å². The van der Waals surface area contributed by atoms with Crippen LogP contribution in [0.4, 0.5) is 5.69 Å². The Kier molecular flexibility index (Phi) is 7.08. The molecule has 0 saturated heterocycles.